The molecule has 0 aliphatic rings. The smallest absolute Gasteiger partial charge is 0.0998 e. The molecule has 0 aliphatic carbocycles. The minimum absolute atomic E-state index is 0.605. The van der Waals surface area contributed by atoms with Crippen molar-refractivity contribution in [3.05, 3.63) is 169 Å². The molecule has 9 rings (SSSR count). The van der Waals surface area contributed by atoms with E-state index in [2.05, 4.69) is 155 Å². The fourth-order valence-electron chi connectivity index (χ4n) is 7.33. The van der Waals surface area contributed by atoms with Crippen LogP contribution in [0.25, 0.3) is 77.2 Å². The molecule has 0 N–H and O–H groups in total. The Morgan fingerprint density at radius 2 is 0.875 bits per heavy atom. The van der Waals surface area contributed by atoms with Crippen molar-refractivity contribution in [2.75, 3.05) is 0 Å². The molecule has 2 aromatic heterocycles. The highest BCUT2D eigenvalue weighted by molar-refractivity contribution is 6.10. The van der Waals surface area contributed by atoms with E-state index in [0.717, 1.165) is 55.7 Å². The third-order valence-corrected chi connectivity index (χ3v) is 9.43. The molecule has 0 aliphatic heterocycles. The van der Waals surface area contributed by atoms with E-state index in [1.54, 1.807) is 0 Å². The zero-order chi connectivity index (χ0) is 32.2. The summed E-state index contributed by atoms with van der Waals surface area (Å²) in [6, 6.07) is 58.8. The molecule has 0 radical (unpaired) electrons. The first-order valence-corrected chi connectivity index (χ1v) is 15.9. The van der Waals surface area contributed by atoms with Crippen LogP contribution in [0.15, 0.2) is 158 Å². The molecule has 48 heavy (non-hydrogen) atoms. The minimum Gasteiger partial charge on any atom is -0.309 e. The Labute approximate surface area is 277 Å². The van der Waals surface area contributed by atoms with Crippen molar-refractivity contribution in [2.45, 2.75) is 0 Å². The Kier molecular flexibility index (Phi) is 6.22. The largest absolute Gasteiger partial charge is 0.309 e. The van der Waals surface area contributed by atoms with Gasteiger partial charge in [0, 0.05) is 38.4 Å². The molecule has 0 unspecified atom stereocenters. The molecule has 0 saturated heterocycles. The molecule has 2 heterocycles. The number of nitriles is 2. The number of hydrogen-bond donors (Lipinski definition) is 0. The van der Waals surface area contributed by atoms with Crippen LogP contribution in [0.5, 0.6) is 0 Å². The standard InChI is InChI=1S/C44H26N4/c45-27-31-24-25-33(47-39-15-5-1-11-34(39)35-12-2-6-16-40(35)47)26-38(31)29-20-22-30(23-21-29)44-32(28-46)10-9-19-43(44)48-41-17-7-3-13-36(41)37-14-4-8-18-42(37)48/h1-26H. The second-order valence-corrected chi connectivity index (χ2v) is 12.0. The number of rotatable bonds is 4. The number of para-hydroxylation sites is 4. The van der Waals surface area contributed by atoms with Gasteiger partial charge in [-0.15, -0.1) is 0 Å². The lowest BCUT2D eigenvalue weighted by atomic mass is 9.94. The fraction of sp³-hybridized carbons (Fsp3) is 0. The Morgan fingerprint density at radius 3 is 1.40 bits per heavy atom. The molecule has 222 valence electrons. The summed E-state index contributed by atoms with van der Waals surface area (Å²) in [6.07, 6.45) is 0. The van der Waals surface area contributed by atoms with Gasteiger partial charge in [-0.1, -0.05) is 103 Å². The van der Waals surface area contributed by atoms with Crippen LogP contribution in [0.1, 0.15) is 11.1 Å². The first-order chi connectivity index (χ1) is 23.7. The van der Waals surface area contributed by atoms with E-state index in [9.17, 15) is 10.5 Å². The molecule has 0 fully saturated rings. The molecule has 4 heteroatoms. The highest BCUT2D eigenvalue weighted by atomic mass is 15.0. The van der Waals surface area contributed by atoms with Crippen LogP contribution < -0.4 is 0 Å². The average molecular weight is 611 g/mol. The number of benzene rings is 7. The van der Waals surface area contributed by atoms with E-state index in [1.165, 1.54) is 21.5 Å². The van der Waals surface area contributed by atoms with Crippen molar-refractivity contribution in [3.8, 4) is 45.8 Å². The van der Waals surface area contributed by atoms with Crippen molar-refractivity contribution in [2.24, 2.45) is 0 Å². The van der Waals surface area contributed by atoms with Crippen molar-refractivity contribution in [1.82, 2.24) is 9.13 Å². The molecule has 0 saturated carbocycles. The molecule has 4 nitrogen and oxygen atoms in total. The Balaban J connectivity index is 1.21. The molecular formula is C44H26N4. The van der Waals surface area contributed by atoms with Crippen LogP contribution in [-0.2, 0) is 0 Å². The SMILES string of the molecule is N#Cc1ccc(-n2c3ccccc3c3ccccc32)cc1-c1ccc(-c2c(C#N)cccc2-n2c3ccccc3c3ccccc32)cc1. The highest BCUT2D eigenvalue weighted by Crippen LogP contribution is 2.39. The van der Waals surface area contributed by atoms with Crippen LogP contribution in [0.4, 0.5) is 0 Å². The predicted molar refractivity (Wildman–Crippen MR) is 195 cm³/mol. The lowest BCUT2D eigenvalue weighted by molar-refractivity contribution is 1.18. The van der Waals surface area contributed by atoms with E-state index in [-0.39, 0.29) is 0 Å². The van der Waals surface area contributed by atoms with Gasteiger partial charge in [-0.3, -0.25) is 0 Å². The second kappa shape index (κ2) is 10.9. The number of aromatic nitrogens is 2. The number of hydrogen-bond acceptors (Lipinski definition) is 2. The maximum atomic E-state index is 10.3. The van der Waals surface area contributed by atoms with Gasteiger partial charge < -0.3 is 9.13 Å². The topological polar surface area (TPSA) is 57.4 Å². The molecule has 0 atom stereocenters. The maximum absolute atomic E-state index is 10.3. The second-order valence-electron chi connectivity index (χ2n) is 12.0. The van der Waals surface area contributed by atoms with Crippen molar-refractivity contribution >= 4 is 43.6 Å². The molecule has 7 aromatic carbocycles. The number of fused-ring (bicyclic) bond motifs is 6. The van der Waals surface area contributed by atoms with Gasteiger partial charge in [0.1, 0.15) is 0 Å². The Morgan fingerprint density at radius 1 is 0.396 bits per heavy atom. The van der Waals surface area contributed by atoms with E-state index < -0.39 is 0 Å². The van der Waals surface area contributed by atoms with Crippen LogP contribution in [-0.4, -0.2) is 9.13 Å². The summed E-state index contributed by atoms with van der Waals surface area (Å²) in [5.41, 5.74) is 11.2. The molecule has 0 amide bonds. The summed E-state index contributed by atoms with van der Waals surface area (Å²) < 4.78 is 4.53. The van der Waals surface area contributed by atoms with Gasteiger partial charge in [0.05, 0.1) is 51.0 Å². The van der Waals surface area contributed by atoms with Gasteiger partial charge in [-0.25, -0.2) is 0 Å². The van der Waals surface area contributed by atoms with Gasteiger partial charge >= 0.3 is 0 Å². The van der Waals surface area contributed by atoms with E-state index >= 15 is 0 Å². The summed E-state index contributed by atoms with van der Waals surface area (Å²) in [4.78, 5) is 0. The van der Waals surface area contributed by atoms with Crippen LogP contribution in [0.3, 0.4) is 0 Å². The molecule has 0 bridgehead atoms. The van der Waals surface area contributed by atoms with E-state index in [1.807, 2.05) is 24.3 Å². The fourth-order valence-corrected chi connectivity index (χ4v) is 7.33. The predicted octanol–water partition coefficient (Wildman–Crippen LogP) is 11.0. The quantitative estimate of drug-likeness (QED) is 0.199. The van der Waals surface area contributed by atoms with E-state index in [0.29, 0.717) is 11.1 Å². The van der Waals surface area contributed by atoms with Crippen molar-refractivity contribution in [1.29, 1.82) is 10.5 Å². The first-order valence-electron chi connectivity index (χ1n) is 15.9. The van der Waals surface area contributed by atoms with E-state index in [4.69, 9.17) is 0 Å². The summed E-state index contributed by atoms with van der Waals surface area (Å²) in [5, 5.41) is 25.2. The third-order valence-electron chi connectivity index (χ3n) is 9.43. The molecule has 9 aromatic rings. The first kappa shape index (κ1) is 27.4. The summed E-state index contributed by atoms with van der Waals surface area (Å²) in [5.74, 6) is 0. The van der Waals surface area contributed by atoms with Crippen LogP contribution in [0.2, 0.25) is 0 Å². The van der Waals surface area contributed by atoms with Gasteiger partial charge in [0.25, 0.3) is 0 Å². The Hall–Kier alpha value is -6.88. The molecule has 0 spiro atoms. The summed E-state index contributed by atoms with van der Waals surface area (Å²) >= 11 is 0. The maximum Gasteiger partial charge on any atom is 0.0998 e. The zero-order valence-electron chi connectivity index (χ0n) is 25.8. The van der Waals surface area contributed by atoms with Crippen LogP contribution >= 0.6 is 0 Å². The lowest BCUT2D eigenvalue weighted by Crippen LogP contribution is -1.99. The Bertz CT molecular complexity index is 2690. The van der Waals surface area contributed by atoms with Gasteiger partial charge in [-0.2, -0.15) is 10.5 Å². The number of nitrogens with zero attached hydrogens (tertiary/aromatic N) is 4. The molecular weight excluding hydrogens is 585 g/mol. The minimum atomic E-state index is 0.605. The summed E-state index contributed by atoms with van der Waals surface area (Å²) in [7, 11) is 0. The lowest BCUT2D eigenvalue weighted by Gasteiger charge is -2.16. The van der Waals surface area contributed by atoms with Gasteiger partial charge in [0.15, 0.2) is 0 Å². The van der Waals surface area contributed by atoms with Gasteiger partial charge in [0.2, 0.25) is 0 Å². The summed E-state index contributed by atoms with van der Waals surface area (Å²) in [6.45, 7) is 0. The monoisotopic (exact) mass is 610 g/mol. The normalized spacial score (nSPS) is 11.3. The average Bonchev–Trinajstić information content (AvgIpc) is 3.67. The highest BCUT2D eigenvalue weighted by Gasteiger charge is 2.19. The van der Waals surface area contributed by atoms with Crippen molar-refractivity contribution < 1.29 is 0 Å². The third kappa shape index (κ3) is 4.07. The van der Waals surface area contributed by atoms with Crippen molar-refractivity contribution in [3.63, 3.8) is 0 Å². The van der Waals surface area contributed by atoms with Gasteiger partial charge in [-0.05, 0) is 65.7 Å². The zero-order valence-corrected chi connectivity index (χ0v) is 25.8. The van der Waals surface area contributed by atoms with Crippen LogP contribution in [0, 0.1) is 22.7 Å².